The van der Waals surface area contributed by atoms with Crippen molar-refractivity contribution in [2.24, 2.45) is 0 Å². The van der Waals surface area contributed by atoms with E-state index in [1.54, 1.807) is 0 Å². The summed E-state index contributed by atoms with van der Waals surface area (Å²) in [5, 5.41) is 1.84. The average molecular weight is 200 g/mol. The van der Waals surface area contributed by atoms with Crippen LogP contribution in [-0.4, -0.2) is 0 Å². The predicted octanol–water partition coefficient (Wildman–Crippen LogP) is 4.36. The lowest BCUT2D eigenvalue weighted by molar-refractivity contribution is 0.399. The van der Waals surface area contributed by atoms with Crippen molar-refractivity contribution in [2.75, 3.05) is 0 Å². The molecule has 0 nitrogen and oxygen atoms in total. The topological polar surface area (TPSA) is 0 Å². The van der Waals surface area contributed by atoms with E-state index < -0.39 is 0 Å². The van der Waals surface area contributed by atoms with Crippen molar-refractivity contribution in [1.82, 2.24) is 0 Å². The summed E-state index contributed by atoms with van der Waals surface area (Å²) < 4.78 is 13.4. The molecule has 0 bridgehead atoms. The van der Waals surface area contributed by atoms with Crippen LogP contribution in [0.15, 0.2) is 11.4 Å². The summed E-state index contributed by atoms with van der Waals surface area (Å²) >= 11 is 1.21. The molecule has 0 N–H and O–H groups in total. The third-order valence-electron chi connectivity index (χ3n) is 2.85. The summed E-state index contributed by atoms with van der Waals surface area (Å²) in [5.41, 5.74) is 0.945. The standard InChI is InChI=1S/C11H17FS/c1-4-7-11(3,5-2)9-6-8-13-10(9)12/h6,8H,4-5,7H2,1-3H3. The van der Waals surface area contributed by atoms with E-state index in [4.69, 9.17) is 0 Å². The molecule has 0 saturated carbocycles. The number of hydrogen-bond donors (Lipinski definition) is 0. The lowest BCUT2D eigenvalue weighted by Crippen LogP contribution is -2.20. The van der Waals surface area contributed by atoms with E-state index in [1.807, 2.05) is 11.4 Å². The summed E-state index contributed by atoms with van der Waals surface area (Å²) in [6.45, 7) is 6.44. The van der Waals surface area contributed by atoms with Crippen molar-refractivity contribution in [3.63, 3.8) is 0 Å². The molecule has 0 radical (unpaired) electrons. The van der Waals surface area contributed by atoms with Gasteiger partial charge in [-0.25, -0.2) is 0 Å². The Balaban J connectivity index is 2.95. The van der Waals surface area contributed by atoms with E-state index in [0.29, 0.717) is 0 Å². The minimum Gasteiger partial charge on any atom is -0.195 e. The van der Waals surface area contributed by atoms with Crippen LogP contribution in [-0.2, 0) is 5.41 Å². The van der Waals surface area contributed by atoms with Gasteiger partial charge in [0.25, 0.3) is 0 Å². The molecule has 1 aromatic heterocycles. The second kappa shape index (κ2) is 4.23. The fraction of sp³-hybridized carbons (Fsp3) is 0.636. The lowest BCUT2D eigenvalue weighted by atomic mass is 9.78. The van der Waals surface area contributed by atoms with Crippen LogP contribution in [0.1, 0.15) is 45.6 Å². The maximum absolute atomic E-state index is 13.4. The summed E-state index contributed by atoms with van der Waals surface area (Å²) in [4.78, 5) is 0. The molecule has 1 heterocycles. The van der Waals surface area contributed by atoms with Gasteiger partial charge in [0.15, 0.2) is 5.13 Å². The van der Waals surface area contributed by atoms with Gasteiger partial charge in [0.1, 0.15) is 0 Å². The molecule has 0 spiro atoms. The number of halogens is 1. The highest BCUT2D eigenvalue weighted by molar-refractivity contribution is 7.08. The quantitative estimate of drug-likeness (QED) is 0.677. The molecule has 0 fully saturated rings. The van der Waals surface area contributed by atoms with Gasteiger partial charge in [0.05, 0.1) is 0 Å². The largest absolute Gasteiger partial charge is 0.195 e. The van der Waals surface area contributed by atoms with E-state index >= 15 is 0 Å². The molecule has 0 amide bonds. The molecule has 2 heteroatoms. The van der Waals surface area contributed by atoms with Gasteiger partial charge in [-0.2, -0.15) is 4.39 Å². The summed E-state index contributed by atoms with van der Waals surface area (Å²) in [5.74, 6) is 0. The van der Waals surface area contributed by atoms with Crippen LogP contribution in [0.4, 0.5) is 4.39 Å². The van der Waals surface area contributed by atoms with Gasteiger partial charge in [0, 0.05) is 5.56 Å². The SMILES string of the molecule is CCCC(C)(CC)c1ccsc1F. The normalized spacial score (nSPS) is 15.7. The Morgan fingerprint density at radius 2 is 2.15 bits per heavy atom. The van der Waals surface area contributed by atoms with Crippen molar-refractivity contribution in [3.8, 4) is 0 Å². The van der Waals surface area contributed by atoms with Crippen LogP contribution < -0.4 is 0 Å². The Hall–Kier alpha value is -0.370. The van der Waals surface area contributed by atoms with Crippen LogP contribution >= 0.6 is 11.3 Å². The average Bonchev–Trinajstić information content (AvgIpc) is 2.52. The van der Waals surface area contributed by atoms with Crippen molar-refractivity contribution >= 4 is 11.3 Å². The monoisotopic (exact) mass is 200 g/mol. The van der Waals surface area contributed by atoms with Gasteiger partial charge < -0.3 is 0 Å². The second-order valence-corrected chi connectivity index (χ2v) is 4.64. The highest BCUT2D eigenvalue weighted by Crippen LogP contribution is 2.35. The first-order valence-corrected chi connectivity index (χ1v) is 5.75. The Morgan fingerprint density at radius 3 is 2.54 bits per heavy atom. The highest BCUT2D eigenvalue weighted by Gasteiger charge is 2.27. The molecule has 1 unspecified atom stereocenters. The minimum atomic E-state index is -0.00204. The van der Waals surface area contributed by atoms with Crippen LogP contribution in [0.5, 0.6) is 0 Å². The van der Waals surface area contributed by atoms with E-state index in [9.17, 15) is 4.39 Å². The molecule has 1 aromatic rings. The Kier molecular flexibility index (Phi) is 3.48. The molecular formula is C11H17FS. The summed E-state index contributed by atoms with van der Waals surface area (Å²) in [6.07, 6.45) is 3.19. The lowest BCUT2D eigenvalue weighted by Gasteiger charge is -2.27. The Labute approximate surface area is 83.8 Å². The molecule has 74 valence electrons. The van der Waals surface area contributed by atoms with Crippen molar-refractivity contribution in [3.05, 3.63) is 22.1 Å². The third kappa shape index (κ3) is 2.11. The molecule has 0 saturated heterocycles. The minimum absolute atomic E-state index is 0.00204. The maximum atomic E-state index is 13.4. The molecule has 1 atom stereocenters. The Bertz CT molecular complexity index is 267. The number of hydrogen-bond acceptors (Lipinski definition) is 1. The van der Waals surface area contributed by atoms with Crippen LogP contribution in [0.25, 0.3) is 0 Å². The number of thiophene rings is 1. The zero-order valence-corrected chi connectivity index (χ0v) is 9.38. The molecule has 13 heavy (non-hydrogen) atoms. The summed E-state index contributed by atoms with van der Waals surface area (Å²) in [6, 6.07) is 1.93. The predicted molar refractivity (Wildman–Crippen MR) is 56.8 cm³/mol. The summed E-state index contributed by atoms with van der Waals surface area (Å²) in [7, 11) is 0. The van der Waals surface area contributed by atoms with Crippen LogP contribution in [0.2, 0.25) is 0 Å². The molecule has 0 aliphatic rings. The first kappa shape index (κ1) is 10.7. The number of rotatable bonds is 4. The van der Waals surface area contributed by atoms with Gasteiger partial charge >= 0.3 is 0 Å². The molecule has 0 aromatic carbocycles. The molecule has 1 rings (SSSR count). The first-order valence-electron chi connectivity index (χ1n) is 4.87. The fourth-order valence-corrected chi connectivity index (χ4v) is 2.55. The van der Waals surface area contributed by atoms with E-state index in [2.05, 4.69) is 20.8 Å². The van der Waals surface area contributed by atoms with E-state index in [0.717, 1.165) is 24.8 Å². The van der Waals surface area contributed by atoms with Gasteiger partial charge in [-0.15, -0.1) is 11.3 Å². The van der Waals surface area contributed by atoms with E-state index in [1.165, 1.54) is 11.3 Å². The van der Waals surface area contributed by atoms with Gasteiger partial charge in [0.2, 0.25) is 0 Å². The third-order valence-corrected chi connectivity index (χ3v) is 3.55. The molecular weight excluding hydrogens is 183 g/mol. The fourth-order valence-electron chi connectivity index (χ4n) is 1.78. The van der Waals surface area contributed by atoms with Crippen molar-refractivity contribution < 1.29 is 4.39 Å². The Morgan fingerprint density at radius 1 is 1.46 bits per heavy atom. The maximum Gasteiger partial charge on any atom is 0.180 e. The second-order valence-electron chi connectivity index (χ2n) is 3.77. The smallest absolute Gasteiger partial charge is 0.180 e. The van der Waals surface area contributed by atoms with Crippen LogP contribution in [0.3, 0.4) is 0 Å². The molecule has 0 aliphatic carbocycles. The highest BCUT2D eigenvalue weighted by atomic mass is 32.1. The first-order chi connectivity index (χ1) is 6.14. The van der Waals surface area contributed by atoms with Crippen LogP contribution in [0, 0.1) is 5.13 Å². The van der Waals surface area contributed by atoms with Gasteiger partial charge in [-0.3, -0.25) is 0 Å². The molecule has 0 aliphatic heterocycles. The van der Waals surface area contributed by atoms with Gasteiger partial charge in [-0.05, 0) is 29.7 Å². The van der Waals surface area contributed by atoms with Crippen molar-refractivity contribution in [1.29, 1.82) is 0 Å². The van der Waals surface area contributed by atoms with Crippen molar-refractivity contribution in [2.45, 2.75) is 45.4 Å². The zero-order chi connectivity index (χ0) is 9.90. The zero-order valence-electron chi connectivity index (χ0n) is 8.56. The van der Waals surface area contributed by atoms with E-state index in [-0.39, 0.29) is 10.5 Å². The van der Waals surface area contributed by atoms with Gasteiger partial charge in [-0.1, -0.05) is 27.2 Å².